The van der Waals surface area contributed by atoms with Crippen LogP contribution in [0.25, 0.3) is 0 Å². The summed E-state index contributed by atoms with van der Waals surface area (Å²) in [5.41, 5.74) is 0.438. The Bertz CT molecular complexity index is 712. The number of hydrogen-bond donors (Lipinski definition) is 0. The molecule has 5 nitrogen and oxygen atoms in total. The van der Waals surface area contributed by atoms with Crippen molar-refractivity contribution in [1.29, 1.82) is 0 Å². The second-order valence-corrected chi connectivity index (χ2v) is 5.89. The molecule has 2 fully saturated rings. The predicted molar refractivity (Wildman–Crippen MR) is 72.8 cm³/mol. The average Bonchev–Trinajstić information content (AvgIpc) is 3.04. The Hall–Kier alpha value is -2.31. The molecule has 1 saturated carbocycles. The number of benzene rings is 1. The van der Waals surface area contributed by atoms with E-state index in [0.717, 1.165) is 6.07 Å². The molecule has 22 heavy (non-hydrogen) atoms. The minimum atomic E-state index is -0.594. The standard InChI is InChI=1S/C15H14F2N4O/c16-9-1-2-11(14(17)3-9)12-4-13(12)15(22)20-5-10(6-20)21-8-18-7-19-21/h1-3,7-8,10,12-13H,4-6H2/t12-,13+/m0/s1. The van der Waals surface area contributed by atoms with Crippen molar-refractivity contribution in [1.82, 2.24) is 19.7 Å². The second-order valence-electron chi connectivity index (χ2n) is 5.89. The fourth-order valence-electron chi connectivity index (χ4n) is 3.06. The lowest BCUT2D eigenvalue weighted by atomic mass is 10.1. The Morgan fingerprint density at radius 1 is 1.27 bits per heavy atom. The Labute approximate surface area is 125 Å². The average molecular weight is 304 g/mol. The summed E-state index contributed by atoms with van der Waals surface area (Å²) in [6, 6.07) is 3.73. The van der Waals surface area contributed by atoms with E-state index >= 15 is 0 Å². The van der Waals surface area contributed by atoms with Gasteiger partial charge in [0.2, 0.25) is 5.91 Å². The number of halogens is 2. The maximum atomic E-state index is 13.7. The molecule has 0 spiro atoms. The van der Waals surface area contributed by atoms with Crippen molar-refractivity contribution in [3.05, 3.63) is 48.1 Å². The van der Waals surface area contributed by atoms with E-state index in [1.54, 1.807) is 15.9 Å². The SMILES string of the molecule is O=C([C@@H]1C[C@H]1c1ccc(F)cc1F)N1CC(n2cncn2)C1. The van der Waals surface area contributed by atoms with Crippen LogP contribution in [-0.4, -0.2) is 38.7 Å². The molecule has 4 rings (SSSR count). The van der Waals surface area contributed by atoms with Crippen molar-refractivity contribution < 1.29 is 13.6 Å². The number of hydrogen-bond acceptors (Lipinski definition) is 3. The molecule has 7 heteroatoms. The normalized spacial score (nSPS) is 24.2. The number of carbonyl (C=O) groups is 1. The minimum absolute atomic E-state index is 0.0464. The highest BCUT2D eigenvalue weighted by atomic mass is 19.1. The van der Waals surface area contributed by atoms with Gasteiger partial charge in [-0.3, -0.25) is 4.79 Å². The third-order valence-electron chi connectivity index (χ3n) is 4.45. The van der Waals surface area contributed by atoms with E-state index in [0.29, 0.717) is 25.1 Å². The fraction of sp³-hybridized carbons (Fsp3) is 0.400. The molecular formula is C15H14F2N4O. The van der Waals surface area contributed by atoms with Crippen molar-refractivity contribution in [3.63, 3.8) is 0 Å². The Kier molecular flexibility index (Phi) is 2.95. The first-order valence-corrected chi connectivity index (χ1v) is 7.21. The summed E-state index contributed by atoms with van der Waals surface area (Å²) in [4.78, 5) is 18.0. The number of amides is 1. The van der Waals surface area contributed by atoms with E-state index in [-0.39, 0.29) is 23.8 Å². The van der Waals surface area contributed by atoms with Gasteiger partial charge in [-0.25, -0.2) is 18.4 Å². The van der Waals surface area contributed by atoms with Crippen LogP contribution >= 0.6 is 0 Å². The molecular weight excluding hydrogens is 290 g/mol. The highest BCUT2D eigenvalue weighted by Gasteiger charge is 2.49. The van der Waals surface area contributed by atoms with Crippen molar-refractivity contribution in [2.75, 3.05) is 13.1 Å². The summed E-state index contributed by atoms with van der Waals surface area (Å²) in [5.74, 6) is -1.42. The molecule has 0 radical (unpaired) electrons. The number of carbonyl (C=O) groups excluding carboxylic acids is 1. The van der Waals surface area contributed by atoms with Crippen LogP contribution in [0.4, 0.5) is 8.78 Å². The Morgan fingerprint density at radius 2 is 2.09 bits per heavy atom. The number of rotatable bonds is 3. The van der Waals surface area contributed by atoms with Crippen LogP contribution in [-0.2, 0) is 4.79 Å². The van der Waals surface area contributed by atoms with Crippen molar-refractivity contribution in [2.24, 2.45) is 5.92 Å². The van der Waals surface area contributed by atoms with Gasteiger partial charge < -0.3 is 4.90 Å². The van der Waals surface area contributed by atoms with Gasteiger partial charge in [0.15, 0.2) is 0 Å². The van der Waals surface area contributed by atoms with Gasteiger partial charge in [0.1, 0.15) is 24.3 Å². The van der Waals surface area contributed by atoms with Gasteiger partial charge in [-0.1, -0.05) is 6.07 Å². The van der Waals surface area contributed by atoms with Crippen LogP contribution in [0.5, 0.6) is 0 Å². The molecule has 1 aliphatic carbocycles. The molecule has 1 aromatic heterocycles. The molecule has 0 N–H and O–H groups in total. The first-order chi connectivity index (χ1) is 10.6. The van der Waals surface area contributed by atoms with E-state index in [2.05, 4.69) is 10.1 Å². The first-order valence-electron chi connectivity index (χ1n) is 7.21. The van der Waals surface area contributed by atoms with Crippen LogP contribution in [0, 0.1) is 17.6 Å². The molecule has 2 heterocycles. The molecule has 2 atom stereocenters. The van der Waals surface area contributed by atoms with Gasteiger partial charge in [0.25, 0.3) is 0 Å². The van der Waals surface area contributed by atoms with E-state index in [4.69, 9.17) is 0 Å². The number of likely N-dealkylation sites (tertiary alicyclic amines) is 1. The molecule has 114 valence electrons. The maximum absolute atomic E-state index is 13.7. The third kappa shape index (κ3) is 2.17. The van der Waals surface area contributed by atoms with Gasteiger partial charge in [0.05, 0.1) is 6.04 Å². The minimum Gasteiger partial charge on any atom is -0.338 e. The summed E-state index contributed by atoms with van der Waals surface area (Å²) in [5, 5.41) is 4.06. The number of nitrogens with zero attached hydrogens (tertiary/aromatic N) is 4. The van der Waals surface area contributed by atoms with Gasteiger partial charge in [-0.2, -0.15) is 5.10 Å². The largest absolute Gasteiger partial charge is 0.338 e. The Morgan fingerprint density at radius 3 is 2.77 bits per heavy atom. The van der Waals surface area contributed by atoms with Crippen LogP contribution in [0.3, 0.4) is 0 Å². The molecule has 2 aromatic rings. The molecule has 1 saturated heterocycles. The monoisotopic (exact) mass is 304 g/mol. The lowest BCUT2D eigenvalue weighted by Gasteiger charge is -2.39. The first kappa shape index (κ1) is 13.4. The molecule has 1 aliphatic heterocycles. The molecule has 2 aliphatic rings. The summed E-state index contributed by atoms with van der Waals surface area (Å²) in [6.45, 7) is 1.22. The predicted octanol–water partition coefficient (Wildman–Crippen LogP) is 1.74. The highest BCUT2D eigenvalue weighted by Crippen LogP contribution is 2.50. The van der Waals surface area contributed by atoms with Gasteiger partial charge >= 0.3 is 0 Å². The zero-order chi connectivity index (χ0) is 15.3. The zero-order valence-electron chi connectivity index (χ0n) is 11.7. The summed E-state index contributed by atoms with van der Waals surface area (Å²) in [6.07, 6.45) is 3.74. The highest BCUT2D eigenvalue weighted by molar-refractivity contribution is 5.83. The van der Waals surface area contributed by atoms with Gasteiger partial charge in [-0.15, -0.1) is 0 Å². The molecule has 0 bridgehead atoms. The Balaban J connectivity index is 1.38. The third-order valence-corrected chi connectivity index (χ3v) is 4.45. The lowest BCUT2D eigenvalue weighted by Crippen LogP contribution is -2.51. The van der Waals surface area contributed by atoms with Crippen LogP contribution in [0.1, 0.15) is 23.9 Å². The van der Waals surface area contributed by atoms with Crippen molar-refractivity contribution >= 4 is 5.91 Å². The lowest BCUT2D eigenvalue weighted by molar-refractivity contribution is -0.138. The molecule has 1 aromatic carbocycles. The van der Waals surface area contributed by atoms with E-state index in [1.807, 2.05) is 0 Å². The van der Waals surface area contributed by atoms with Gasteiger partial charge in [-0.05, 0) is 24.0 Å². The molecule has 0 unspecified atom stereocenters. The van der Waals surface area contributed by atoms with E-state index < -0.39 is 11.6 Å². The van der Waals surface area contributed by atoms with Crippen molar-refractivity contribution in [3.8, 4) is 0 Å². The summed E-state index contributed by atoms with van der Waals surface area (Å²) in [7, 11) is 0. The molecule has 1 amide bonds. The van der Waals surface area contributed by atoms with Crippen LogP contribution in [0.15, 0.2) is 30.9 Å². The van der Waals surface area contributed by atoms with E-state index in [1.165, 1.54) is 18.5 Å². The van der Waals surface area contributed by atoms with Crippen LogP contribution in [0.2, 0.25) is 0 Å². The topological polar surface area (TPSA) is 51.0 Å². The summed E-state index contributed by atoms with van der Waals surface area (Å²) >= 11 is 0. The van der Waals surface area contributed by atoms with E-state index in [9.17, 15) is 13.6 Å². The second kappa shape index (κ2) is 4.86. The summed E-state index contributed by atoms with van der Waals surface area (Å²) < 4.78 is 28.4. The fourth-order valence-corrected chi connectivity index (χ4v) is 3.06. The van der Waals surface area contributed by atoms with Crippen molar-refractivity contribution in [2.45, 2.75) is 18.4 Å². The zero-order valence-corrected chi connectivity index (χ0v) is 11.7. The smallest absolute Gasteiger partial charge is 0.226 e. The maximum Gasteiger partial charge on any atom is 0.226 e. The number of aromatic nitrogens is 3. The van der Waals surface area contributed by atoms with Crippen LogP contribution < -0.4 is 0 Å². The quantitative estimate of drug-likeness (QED) is 0.868. The van der Waals surface area contributed by atoms with Gasteiger partial charge in [0, 0.05) is 25.1 Å².